The maximum atomic E-state index is 13.5. The monoisotopic (exact) mass is 538 g/mol. The second kappa shape index (κ2) is 12.1. The van der Waals surface area contributed by atoms with Crippen molar-refractivity contribution in [2.45, 2.75) is 148 Å². The first-order chi connectivity index (χ1) is 17.4. The Morgan fingerprint density at radius 3 is 1.34 bits per heavy atom. The van der Waals surface area contributed by atoms with E-state index < -0.39 is 17.4 Å². The third-order valence-electron chi connectivity index (χ3n) is 9.36. The first-order valence-electron chi connectivity index (χ1n) is 14.5. The van der Waals surface area contributed by atoms with E-state index in [9.17, 15) is 19.8 Å². The zero-order chi connectivity index (χ0) is 29.2. The van der Waals surface area contributed by atoms with E-state index in [4.69, 9.17) is 9.68 Å². The van der Waals surface area contributed by atoms with Gasteiger partial charge in [-0.05, 0) is 112 Å². The lowest BCUT2D eigenvalue weighted by molar-refractivity contribution is -0.340. The smallest absolute Gasteiger partial charge is 0.0575 e. The second-order valence-electron chi connectivity index (χ2n) is 14.4. The standard InChI is InChI=1S/C30H56N2O6/c1-26(2)18-22(19-27(3,4)31(26)37-9)30(25(35)36,17-15-13-11-12-14-16-24(33)34)23-20-28(5,6)32(38-10)29(7,8)21-23/h22-23H,11-21H2,1-10H3,(H,33,34)(H,35,36)/p-2. The van der Waals surface area contributed by atoms with Gasteiger partial charge in [0.2, 0.25) is 0 Å². The molecule has 0 N–H and O–H groups in total. The number of hydrogen-bond donors (Lipinski definition) is 0. The van der Waals surface area contributed by atoms with E-state index in [0.29, 0.717) is 38.5 Å². The Labute approximate surface area is 231 Å². The molecule has 38 heavy (non-hydrogen) atoms. The van der Waals surface area contributed by atoms with Crippen LogP contribution in [0.3, 0.4) is 0 Å². The summed E-state index contributed by atoms with van der Waals surface area (Å²) in [6.07, 6.45) is 7.39. The highest BCUT2D eigenvalue weighted by molar-refractivity contribution is 5.73. The third-order valence-corrected chi connectivity index (χ3v) is 9.36. The Morgan fingerprint density at radius 1 is 0.684 bits per heavy atom. The number of nitrogens with zero attached hydrogens (tertiary/aromatic N) is 2. The van der Waals surface area contributed by atoms with Gasteiger partial charge in [0.1, 0.15) is 0 Å². The fourth-order valence-electron chi connectivity index (χ4n) is 8.64. The van der Waals surface area contributed by atoms with E-state index in [2.05, 4.69) is 55.4 Å². The summed E-state index contributed by atoms with van der Waals surface area (Å²) in [6, 6.07) is 0. The Hall–Kier alpha value is -1.22. The molecular weight excluding hydrogens is 484 g/mol. The lowest BCUT2D eigenvalue weighted by Gasteiger charge is -2.62. The molecule has 0 aromatic rings. The van der Waals surface area contributed by atoms with Crippen molar-refractivity contribution in [3.63, 3.8) is 0 Å². The van der Waals surface area contributed by atoms with Crippen LogP contribution in [-0.4, -0.2) is 58.4 Å². The molecule has 2 fully saturated rings. The maximum absolute atomic E-state index is 13.5. The Kier molecular flexibility index (Phi) is 10.5. The van der Waals surface area contributed by atoms with Crippen molar-refractivity contribution in [2.75, 3.05) is 14.2 Å². The molecular formula is C30H54N2O6-2. The van der Waals surface area contributed by atoms with Gasteiger partial charge in [-0.15, -0.1) is 0 Å². The number of unbranched alkanes of at least 4 members (excludes halogenated alkanes) is 4. The summed E-state index contributed by atoms with van der Waals surface area (Å²) in [7, 11) is 3.39. The van der Waals surface area contributed by atoms with Crippen molar-refractivity contribution in [2.24, 2.45) is 17.3 Å². The largest absolute Gasteiger partial charge is 0.550 e. The summed E-state index contributed by atoms with van der Waals surface area (Å²) in [4.78, 5) is 35.9. The van der Waals surface area contributed by atoms with Gasteiger partial charge in [0.05, 0.1) is 14.2 Å². The average molecular weight is 539 g/mol. The van der Waals surface area contributed by atoms with Crippen molar-refractivity contribution in [3.05, 3.63) is 0 Å². The van der Waals surface area contributed by atoms with Crippen LogP contribution in [0.25, 0.3) is 0 Å². The summed E-state index contributed by atoms with van der Waals surface area (Å²) < 4.78 is 0. The molecule has 222 valence electrons. The molecule has 2 saturated heterocycles. The Balaban J connectivity index is 2.46. The summed E-state index contributed by atoms with van der Waals surface area (Å²) in [5, 5.41) is 28.3. The van der Waals surface area contributed by atoms with Gasteiger partial charge >= 0.3 is 0 Å². The Bertz CT molecular complexity index is 742. The van der Waals surface area contributed by atoms with Crippen molar-refractivity contribution in [3.8, 4) is 0 Å². The second-order valence-corrected chi connectivity index (χ2v) is 14.4. The molecule has 2 rings (SSSR count). The summed E-state index contributed by atoms with van der Waals surface area (Å²) in [6.45, 7) is 17.1. The molecule has 8 nitrogen and oxygen atoms in total. The van der Waals surface area contributed by atoms with Crippen LogP contribution in [0.1, 0.15) is 126 Å². The molecule has 0 atom stereocenters. The normalized spacial score (nSPS) is 24.4. The van der Waals surface area contributed by atoms with Crippen molar-refractivity contribution < 1.29 is 29.5 Å². The van der Waals surface area contributed by atoms with Crippen molar-refractivity contribution >= 4 is 11.9 Å². The third kappa shape index (κ3) is 6.91. The molecule has 0 aromatic heterocycles. The number of hydrogen-bond acceptors (Lipinski definition) is 8. The zero-order valence-corrected chi connectivity index (χ0v) is 25.8. The van der Waals surface area contributed by atoms with Gasteiger partial charge in [-0.2, -0.15) is 10.1 Å². The molecule has 0 bridgehead atoms. The molecule has 0 aliphatic carbocycles. The SMILES string of the molecule is CON1C(C)(C)CC(C(CCCCCCCC(=O)[O-])(C(=O)[O-])C2CC(C)(C)N(OC)C(C)(C)C2)CC1(C)C. The summed E-state index contributed by atoms with van der Waals surface area (Å²) in [5.74, 6) is -2.10. The number of carbonyl (C=O) groups is 2. The maximum Gasteiger partial charge on any atom is 0.0575 e. The van der Waals surface area contributed by atoms with E-state index in [1.165, 1.54) is 0 Å². The van der Waals surface area contributed by atoms with E-state index in [-0.39, 0.29) is 40.4 Å². The highest BCUT2D eigenvalue weighted by Gasteiger charge is 2.59. The minimum atomic E-state index is -1.01. The first kappa shape index (κ1) is 33.0. The van der Waals surface area contributed by atoms with E-state index >= 15 is 0 Å². The average Bonchev–Trinajstić information content (AvgIpc) is 2.72. The van der Waals surface area contributed by atoms with E-state index in [0.717, 1.165) is 25.7 Å². The minimum absolute atomic E-state index is 0.0762. The van der Waals surface area contributed by atoms with Crippen LogP contribution >= 0.6 is 0 Å². The highest BCUT2D eigenvalue weighted by Crippen LogP contribution is 2.58. The van der Waals surface area contributed by atoms with Gasteiger partial charge < -0.3 is 29.5 Å². The summed E-state index contributed by atoms with van der Waals surface area (Å²) in [5.41, 5.74) is -2.36. The molecule has 8 heteroatoms. The molecule has 2 aliphatic rings. The quantitative estimate of drug-likeness (QED) is 0.326. The van der Waals surface area contributed by atoms with Crippen molar-refractivity contribution in [1.29, 1.82) is 0 Å². The van der Waals surface area contributed by atoms with Crippen LogP contribution in [0.2, 0.25) is 0 Å². The van der Waals surface area contributed by atoms with Gasteiger partial charge in [-0.1, -0.05) is 25.7 Å². The van der Waals surface area contributed by atoms with Gasteiger partial charge in [-0.25, -0.2) is 0 Å². The predicted octanol–water partition coefficient (Wildman–Crippen LogP) is 3.86. The van der Waals surface area contributed by atoms with Crippen LogP contribution in [0.15, 0.2) is 0 Å². The highest BCUT2D eigenvalue weighted by atomic mass is 16.7. The molecule has 0 unspecified atom stereocenters. The van der Waals surface area contributed by atoms with Crippen LogP contribution in [-0.2, 0) is 19.3 Å². The molecule has 0 aromatic carbocycles. The minimum Gasteiger partial charge on any atom is -0.550 e. The van der Waals surface area contributed by atoms with Crippen molar-refractivity contribution in [1.82, 2.24) is 10.1 Å². The van der Waals surface area contributed by atoms with E-state index in [1.54, 1.807) is 14.2 Å². The first-order valence-corrected chi connectivity index (χ1v) is 14.5. The fraction of sp³-hybridized carbons (Fsp3) is 0.933. The lowest BCUT2D eigenvalue weighted by atomic mass is 9.52. The number of aliphatic carboxylic acids is 2. The topological polar surface area (TPSA) is 105 Å². The van der Waals surface area contributed by atoms with Crippen LogP contribution in [0, 0.1) is 17.3 Å². The van der Waals surface area contributed by atoms with Gasteiger partial charge in [0, 0.05) is 39.5 Å². The van der Waals surface area contributed by atoms with Gasteiger partial charge in [0.25, 0.3) is 0 Å². The molecule has 2 aliphatic heterocycles. The number of carboxylic acid groups (broad SMARTS) is 2. The molecule has 0 spiro atoms. The van der Waals surface area contributed by atoms with Crippen LogP contribution < -0.4 is 10.2 Å². The summed E-state index contributed by atoms with van der Waals surface area (Å²) >= 11 is 0. The number of carbonyl (C=O) groups excluding carboxylic acids is 2. The Morgan fingerprint density at radius 2 is 1.03 bits per heavy atom. The van der Waals surface area contributed by atoms with Gasteiger partial charge in [0.15, 0.2) is 0 Å². The molecule has 0 amide bonds. The fourth-order valence-corrected chi connectivity index (χ4v) is 8.64. The van der Waals surface area contributed by atoms with Crippen LogP contribution in [0.4, 0.5) is 0 Å². The molecule has 0 saturated carbocycles. The number of carboxylic acids is 2. The number of hydroxylamine groups is 4. The molecule has 0 radical (unpaired) electrons. The number of rotatable bonds is 13. The predicted molar refractivity (Wildman–Crippen MR) is 144 cm³/mol. The zero-order valence-electron chi connectivity index (χ0n) is 25.8. The molecule has 2 heterocycles. The number of piperidine rings is 2. The van der Waals surface area contributed by atoms with Gasteiger partial charge in [-0.3, -0.25) is 0 Å². The lowest BCUT2D eigenvalue weighted by Crippen LogP contribution is -2.68. The van der Waals surface area contributed by atoms with E-state index in [1.807, 2.05) is 10.1 Å². The van der Waals surface area contributed by atoms with Crippen LogP contribution in [0.5, 0.6) is 0 Å².